The van der Waals surface area contributed by atoms with E-state index >= 15 is 0 Å². The maximum atomic E-state index is 12.7. The van der Waals surface area contributed by atoms with Crippen molar-refractivity contribution in [3.63, 3.8) is 0 Å². The van der Waals surface area contributed by atoms with Crippen molar-refractivity contribution >= 4 is 35.2 Å². The molecule has 6 nitrogen and oxygen atoms in total. The Morgan fingerprint density at radius 1 is 1.16 bits per heavy atom. The molecule has 1 heterocycles. The van der Waals surface area contributed by atoms with Crippen LogP contribution in [0.1, 0.15) is 16.8 Å². The number of hydrogen-bond donors (Lipinski definition) is 0. The molecule has 0 radical (unpaired) electrons. The molecule has 1 atom stereocenters. The lowest BCUT2D eigenvalue weighted by Crippen LogP contribution is -2.31. The van der Waals surface area contributed by atoms with Crippen molar-refractivity contribution in [2.24, 2.45) is 0 Å². The molecule has 25 heavy (non-hydrogen) atoms. The van der Waals surface area contributed by atoms with Crippen LogP contribution in [-0.2, 0) is 9.59 Å². The number of thioether (sulfide) groups is 1. The summed E-state index contributed by atoms with van der Waals surface area (Å²) >= 11 is 1.06. The van der Waals surface area contributed by atoms with Gasteiger partial charge in [-0.2, -0.15) is 0 Å². The standard InChI is InChI=1S/C18H15NO5S/c1-24-13-8-4-3-7-12(13)19-16(20)10-15(17(19)21)25-14-9-5-2-6-11(14)18(22)23/h2-9,15H,10H2,1H3,(H,22,23)/p-1. The zero-order valence-corrected chi connectivity index (χ0v) is 14.1. The molecule has 0 aliphatic carbocycles. The number of imide groups is 1. The van der Waals surface area contributed by atoms with Gasteiger partial charge in [0.2, 0.25) is 11.8 Å². The summed E-state index contributed by atoms with van der Waals surface area (Å²) in [6.45, 7) is 0. The molecule has 7 heteroatoms. The van der Waals surface area contributed by atoms with Gasteiger partial charge in [-0.25, -0.2) is 4.90 Å². The number of nitrogens with zero attached hydrogens (tertiary/aromatic N) is 1. The number of rotatable bonds is 5. The van der Waals surface area contributed by atoms with E-state index in [2.05, 4.69) is 0 Å². The predicted molar refractivity (Wildman–Crippen MR) is 90.5 cm³/mol. The van der Waals surface area contributed by atoms with Crippen molar-refractivity contribution in [1.82, 2.24) is 0 Å². The first kappa shape index (κ1) is 17.0. The fourth-order valence-corrected chi connectivity index (χ4v) is 3.83. The van der Waals surface area contributed by atoms with Crippen molar-refractivity contribution in [3.8, 4) is 5.75 Å². The van der Waals surface area contributed by atoms with Gasteiger partial charge in [0.25, 0.3) is 0 Å². The Morgan fingerprint density at radius 3 is 2.56 bits per heavy atom. The minimum absolute atomic E-state index is 0.00323. The Bertz CT molecular complexity index is 851. The molecule has 0 bridgehead atoms. The number of aromatic carboxylic acids is 1. The number of amides is 2. The second kappa shape index (κ2) is 6.98. The number of carbonyl (C=O) groups is 3. The minimum atomic E-state index is -1.32. The zero-order valence-electron chi connectivity index (χ0n) is 13.3. The lowest BCUT2D eigenvalue weighted by Gasteiger charge is -2.18. The number of benzene rings is 2. The fourth-order valence-electron chi connectivity index (χ4n) is 2.66. The molecule has 0 aromatic heterocycles. The third-order valence-corrected chi connectivity index (χ3v) is 5.07. The Hall–Kier alpha value is -2.80. The van der Waals surface area contributed by atoms with Crippen LogP contribution < -0.4 is 14.7 Å². The summed E-state index contributed by atoms with van der Waals surface area (Å²) in [4.78, 5) is 37.8. The number of carboxylic acids is 1. The molecule has 1 unspecified atom stereocenters. The minimum Gasteiger partial charge on any atom is -0.545 e. The first-order valence-corrected chi connectivity index (χ1v) is 8.37. The molecule has 0 saturated carbocycles. The van der Waals surface area contributed by atoms with E-state index in [4.69, 9.17) is 4.74 Å². The molecule has 3 rings (SSSR count). The summed E-state index contributed by atoms with van der Waals surface area (Å²) in [6.07, 6.45) is -0.0110. The topological polar surface area (TPSA) is 86.7 Å². The zero-order chi connectivity index (χ0) is 18.0. The van der Waals surface area contributed by atoms with Crippen LogP contribution in [0, 0.1) is 0 Å². The van der Waals surface area contributed by atoms with Gasteiger partial charge in [-0.15, -0.1) is 11.8 Å². The maximum absolute atomic E-state index is 12.7. The van der Waals surface area contributed by atoms with Gasteiger partial charge >= 0.3 is 0 Å². The SMILES string of the molecule is COc1ccccc1N1C(=O)CC(Sc2ccccc2C(=O)[O-])C1=O. The van der Waals surface area contributed by atoms with Crippen molar-refractivity contribution in [3.05, 3.63) is 54.1 Å². The predicted octanol–water partition coefficient (Wildman–Crippen LogP) is 1.48. The van der Waals surface area contributed by atoms with Crippen LogP contribution in [0.2, 0.25) is 0 Å². The van der Waals surface area contributed by atoms with E-state index in [1.54, 1.807) is 42.5 Å². The van der Waals surface area contributed by atoms with Gasteiger partial charge in [0.15, 0.2) is 0 Å². The van der Waals surface area contributed by atoms with E-state index in [1.165, 1.54) is 13.2 Å². The molecule has 2 aromatic rings. The van der Waals surface area contributed by atoms with E-state index in [9.17, 15) is 19.5 Å². The summed E-state index contributed by atoms with van der Waals surface area (Å²) in [6, 6.07) is 13.0. The quantitative estimate of drug-likeness (QED) is 0.754. The molecular weight excluding hydrogens is 342 g/mol. The molecule has 2 aromatic carbocycles. The lowest BCUT2D eigenvalue weighted by atomic mass is 10.2. The highest BCUT2D eigenvalue weighted by molar-refractivity contribution is 8.00. The van der Waals surface area contributed by atoms with E-state index in [0.29, 0.717) is 16.3 Å². The highest BCUT2D eigenvalue weighted by atomic mass is 32.2. The Morgan fingerprint density at radius 2 is 1.84 bits per heavy atom. The second-order valence-electron chi connectivity index (χ2n) is 5.33. The van der Waals surface area contributed by atoms with Crippen LogP contribution in [0.5, 0.6) is 5.75 Å². The van der Waals surface area contributed by atoms with Crippen molar-refractivity contribution < 1.29 is 24.2 Å². The molecule has 1 saturated heterocycles. The van der Waals surface area contributed by atoms with E-state index in [1.807, 2.05) is 0 Å². The third-order valence-electron chi connectivity index (χ3n) is 3.81. The summed E-state index contributed by atoms with van der Waals surface area (Å²) < 4.78 is 5.22. The fraction of sp³-hybridized carbons (Fsp3) is 0.167. The van der Waals surface area contributed by atoms with Crippen LogP contribution in [-0.4, -0.2) is 30.1 Å². The first-order valence-electron chi connectivity index (χ1n) is 7.49. The molecule has 1 fully saturated rings. The van der Waals surface area contributed by atoms with Crippen LogP contribution in [0.4, 0.5) is 5.69 Å². The highest BCUT2D eigenvalue weighted by Crippen LogP contribution is 2.38. The van der Waals surface area contributed by atoms with Crippen molar-refractivity contribution in [2.75, 3.05) is 12.0 Å². The summed E-state index contributed by atoms with van der Waals surface area (Å²) in [5.74, 6) is -1.64. The summed E-state index contributed by atoms with van der Waals surface area (Å²) in [5.41, 5.74) is 0.389. The van der Waals surface area contributed by atoms with Crippen LogP contribution in [0.3, 0.4) is 0 Å². The van der Waals surface area contributed by atoms with E-state index in [0.717, 1.165) is 16.7 Å². The third kappa shape index (κ3) is 3.23. The monoisotopic (exact) mass is 356 g/mol. The number of carbonyl (C=O) groups excluding carboxylic acids is 3. The normalized spacial score (nSPS) is 17.0. The Balaban J connectivity index is 1.89. The average Bonchev–Trinajstić information content (AvgIpc) is 2.88. The number of methoxy groups -OCH3 is 1. The van der Waals surface area contributed by atoms with Crippen molar-refractivity contribution in [2.45, 2.75) is 16.6 Å². The van der Waals surface area contributed by atoms with Gasteiger partial charge in [0.05, 0.1) is 24.0 Å². The van der Waals surface area contributed by atoms with Crippen molar-refractivity contribution in [1.29, 1.82) is 0 Å². The lowest BCUT2D eigenvalue weighted by molar-refractivity contribution is -0.255. The molecular formula is C18H14NO5S-. The Labute approximate surface area is 148 Å². The van der Waals surface area contributed by atoms with Gasteiger partial charge < -0.3 is 14.6 Å². The number of anilines is 1. The van der Waals surface area contributed by atoms with Crippen LogP contribution >= 0.6 is 11.8 Å². The summed E-state index contributed by atoms with van der Waals surface area (Å²) in [5, 5.41) is 10.5. The van der Waals surface area contributed by atoms with Gasteiger partial charge in [-0.05, 0) is 18.2 Å². The second-order valence-corrected chi connectivity index (χ2v) is 6.58. The van der Waals surface area contributed by atoms with Gasteiger partial charge in [-0.3, -0.25) is 9.59 Å². The molecule has 0 N–H and O–H groups in total. The number of para-hydroxylation sites is 2. The summed E-state index contributed by atoms with van der Waals surface area (Å²) in [7, 11) is 1.46. The van der Waals surface area contributed by atoms with Gasteiger partial charge in [-0.1, -0.05) is 30.3 Å². The molecule has 1 aliphatic heterocycles. The molecule has 1 aliphatic rings. The van der Waals surface area contributed by atoms with E-state index in [-0.39, 0.29) is 17.9 Å². The number of hydrogen-bond acceptors (Lipinski definition) is 6. The number of ether oxygens (including phenoxy) is 1. The van der Waals surface area contributed by atoms with Gasteiger partial charge in [0.1, 0.15) is 5.75 Å². The largest absolute Gasteiger partial charge is 0.545 e. The average molecular weight is 356 g/mol. The first-order chi connectivity index (χ1) is 12.0. The Kier molecular flexibility index (Phi) is 4.76. The number of carboxylic acid groups (broad SMARTS) is 1. The molecule has 128 valence electrons. The van der Waals surface area contributed by atoms with Crippen LogP contribution in [0.25, 0.3) is 0 Å². The maximum Gasteiger partial charge on any atom is 0.247 e. The van der Waals surface area contributed by atoms with Gasteiger partial charge in [0, 0.05) is 16.9 Å². The molecule has 0 spiro atoms. The molecule has 2 amide bonds. The van der Waals surface area contributed by atoms with E-state index < -0.39 is 17.1 Å². The smallest absolute Gasteiger partial charge is 0.247 e. The van der Waals surface area contributed by atoms with Crippen LogP contribution in [0.15, 0.2) is 53.4 Å². The highest BCUT2D eigenvalue weighted by Gasteiger charge is 2.41.